The van der Waals surface area contributed by atoms with E-state index >= 15 is 0 Å². The fourth-order valence-corrected chi connectivity index (χ4v) is 2.87. The summed E-state index contributed by atoms with van der Waals surface area (Å²) in [6, 6.07) is 6.38. The molecule has 23 heavy (non-hydrogen) atoms. The zero-order valence-corrected chi connectivity index (χ0v) is 14.1. The Balaban J connectivity index is 2.26. The minimum Gasteiger partial charge on any atom is -0.497 e. The zero-order chi connectivity index (χ0) is 17.0. The monoisotopic (exact) mass is 336 g/mol. The minimum absolute atomic E-state index is 0.389. The van der Waals surface area contributed by atoms with E-state index < -0.39 is 17.9 Å². The maximum absolute atomic E-state index is 12.4. The third kappa shape index (κ3) is 3.79. The number of amides is 1. The number of nitrogens with one attached hydrogen (secondary N) is 1. The maximum Gasteiger partial charge on any atom is 0.326 e. The number of nitrogens with zero attached hydrogens (tertiary/aromatic N) is 1. The molecule has 0 bridgehead atoms. The summed E-state index contributed by atoms with van der Waals surface area (Å²) in [5.41, 5.74) is 1.30. The van der Waals surface area contributed by atoms with Gasteiger partial charge in [0.15, 0.2) is 0 Å². The van der Waals surface area contributed by atoms with Gasteiger partial charge in [0.25, 0.3) is 5.91 Å². The third-order valence-corrected chi connectivity index (χ3v) is 4.34. The summed E-state index contributed by atoms with van der Waals surface area (Å²) in [4.78, 5) is 23.7. The molecule has 0 saturated carbocycles. The Labute approximate surface area is 138 Å². The third-order valence-electron chi connectivity index (χ3n) is 3.70. The van der Waals surface area contributed by atoms with Crippen LogP contribution in [0.15, 0.2) is 24.3 Å². The van der Waals surface area contributed by atoms with Crippen molar-refractivity contribution in [2.45, 2.75) is 12.5 Å². The van der Waals surface area contributed by atoms with E-state index in [0.717, 1.165) is 10.9 Å². The lowest BCUT2D eigenvalue weighted by atomic mass is 10.2. The van der Waals surface area contributed by atoms with Crippen LogP contribution in [0.1, 0.15) is 16.9 Å². The number of aromatic nitrogens is 1. The van der Waals surface area contributed by atoms with Gasteiger partial charge in [-0.2, -0.15) is 11.8 Å². The molecule has 1 amide bonds. The summed E-state index contributed by atoms with van der Waals surface area (Å²) in [7, 11) is 3.36. The van der Waals surface area contributed by atoms with E-state index in [2.05, 4.69) is 5.32 Å². The van der Waals surface area contributed by atoms with Gasteiger partial charge < -0.3 is 19.7 Å². The molecule has 2 N–H and O–H groups in total. The molecule has 6 nitrogen and oxygen atoms in total. The SMILES string of the molecule is COc1ccc2c(c1)cc(C(=O)N[C@H](CCSC)C(=O)O)n2C. The van der Waals surface area contributed by atoms with Crippen LogP contribution in [-0.4, -0.2) is 46.7 Å². The van der Waals surface area contributed by atoms with Crippen molar-refractivity contribution in [2.75, 3.05) is 19.1 Å². The number of aryl methyl sites for hydroxylation is 1. The first-order valence-corrected chi connectivity index (χ1v) is 8.53. The van der Waals surface area contributed by atoms with E-state index in [-0.39, 0.29) is 0 Å². The molecule has 0 radical (unpaired) electrons. The number of aliphatic carboxylic acids is 1. The largest absolute Gasteiger partial charge is 0.497 e. The van der Waals surface area contributed by atoms with Crippen molar-refractivity contribution in [3.8, 4) is 5.75 Å². The van der Waals surface area contributed by atoms with Crippen LogP contribution >= 0.6 is 11.8 Å². The lowest BCUT2D eigenvalue weighted by molar-refractivity contribution is -0.139. The Morgan fingerprint density at radius 2 is 2.13 bits per heavy atom. The van der Waals surface area contributed by atoms with Gasteiger partial charge in [0, 0.05) is 18.0 Å². The van der Waals surface area contributed by atoms with Gasteiger partial charge in [-0.15, -0.1) is 0 Å². The topological polar surface area (TPSA) is 80.6 Å². The number of fused-ring (bicyclic) bond motifs is 1. The number of carbonyl (C=O) groups excluding carboxylic acids is 1. The molecule has 124 valence electrons. The molecular formula is C16H20N2O4S. The highest BCUT2D eigenvalue weighted by atomic mass is 32.2. The number of carboxylic acids is 1. The number of hydrogen-bond donors (Lipinski definition) is 2. The van der Waals surface area contributed by atoms with E-state index in [0.29, 0.717) is 23.6 Å². The highest BCUT2D eigenvalue weighted by Gasteiger charge is 2.22. The van der Waals surface area contributed by atoms with Crippen molar-refractivity contribution in [1.82, 2.24) is 9.88 Å². The fraction of sp³-hybridized carbons (Fsp3) is 0.375. The van der Waals surface area contributed by atoms with Gasteiger partial charge in [0.05, 0.1) is 7.11 Å². The number of thioether (sulfide) groups is 1. The molecule has 1 heterocycles. The van der Waals surface area contributed by atoms with E-state index in [1.807, 2.05) is 24.5 Å². The van der Waals surface area contributed by atoms with Gasteiger partial charge in [-0.25, -0.2) is 4.79 Å². The highest BCUT2D eigenvalue weighted by molar-refractivity contribution is 7.98. The number of hydrogen-bond acceptors (Lipinski definition) is 4. The van der Waals surface area contributed by atoms with Gasteiger partial charge in [0.1, 0.15) is 17.5 Å². The summed E-state index contributed by atoms with van der Waals surface area (Å²) in [6.45, 7) is 0. The molecular weight excluding hydrogens is 316 g/mol. The molecule has 0 spiro atoms. The number of carbonyl (C=O) groups is 2. The molecule has 0 aliphatic heterocycles. The van der Waals surface area contributed by atoms with Crippen LogP contribution < -0.4 is 10.1 Å². The summed E-state index contributed by atoms with van der Waals surface area (Å²) >= 11 is 1.55. The van der Waals surface area contributed by atoms with Gasteiger partial charge in [-0.1, -0.05) is 0 Å². The minimum atomic E-state index is -1.02. The highest BCUT2D eigenvalue weighted by Crippen LogP contribution is 2.23. The Morgan fingerprint density at radius 3 is 2.74 bits per heavy atom. The Morgan fingerprint density at radius 1 is 1.39 bits per heavy atom. The van der Waals surface area contributed by atoms with Crippen molar-refractivity contribution in [3.63, 3.8) is 0 Å². The van der Waals surface area contributed by atoms with Crippen molar-refractivity contribution in [2.24, 2.45) is 7.05 Å². The van der Waals surface area contributed by atoms with Crippen LogP contribution in [0.3, 0.4) is 0 Å². The van der Waals surface area contributed by atoms with Crippen molar-refractivity contribution in [3.05, 3.63) is 30.0 Å². The number of rotatable bonds is 7. The molecule has 2 aromatic rings. The molecule has 0 unspecified atom stereocenters. The average Bonchev–Trinajstić information content (AvgIpc) is 2.87. The standard InChI is InChI=1S/C16H20N2O4S/c1-18-13-5-4-11(22-2)8-10(13)9-14(18)15(19)17-12(16(20)21)6-7-23-3/h4-5,8-9,12H,6-7H2,1-3H3,(H,17,19)(H,20,21)/t12-/m1/s1. The summed E-state index contributed by atoms with van der Waals surface area (Å²) in [6.07, 6.45) is 2.29. The van der Waals surface area contributed by atoms with E-state index in [9.17, 15) is 14.7 Å². The smallest absolute Gasteiger partial charge is 0.326 e. The van der Waals surface area contributed by atoms with Gasteiger partial charge in [-0.05, 0) is 42.7 Å². The molecule has 1 aromatic carbocycles. The van der Waals surface area contributed by atoms with Gasteiger partial charge >= 0.3 is 5.97 Å². The van der Waals surface area contributed by atoms with Gasteiger partial charge in [-0.3, -0.25) is 4.79 Å². The second-order valence-electron chi connectivity index (χ2n) is 5.16. The first-order valence-electron chi connectivity index (χ1n) is 7.14. The summed E-state index contributed by atoms with van der Waals surface area (Å²) in [5.74, 6) is -0.0359. The van der Waals surface area contributed by atoms with Crippen molar-refractivity contribution < 1.29 is 19.4 Å². The van der Waals surface area contributed by atoms with Gasteiger partial charge in [0.2, 0.25) is 0 Å². The molecule has 0 saturated heterocycles. The van der Waals surface area contributed by atoms with Crippen molar-refractivity contribution >= 4 is 34.5 Å². The van der Waals surface area contributed by atoms with Crippen LogP contribution in [0.4, 0.5) is 0 Å². The average molecular weight is 336 g/mol. The fourth-order valence-electron chi connectivity index (χ4n) is 2.40. The predicted octanol–water partition coefficient (Wildman–Crippen LogP) is 2.12. The molecule has 0 aliphatic carbocycles. The number of ether oxygens (including phenoxy) is 1. The lowest BCUT2D eigenvalue weighted by Gasteiger charge is -2.14. The number of methoxy groups -OCH3 is 1. The molecule has 1 atom stereocenters. The van der Waals surface area contributed by atoms with Crippen LogP contribution in [0.2, 0.25) is 0 Å². The first kappa shape index (κ1) is 17.2. The van der Waals surface area contributed by atoms with Crippen LogP contribution in [0.25, 0.3) is 10.9 Å². The quantitative estimate of drug-likeness (QED) is 0.809. The molecule has 0 aliphatic rings. The normalized spacial score (nSPS) is 12.1. The maximum atomic E-state index is 12.4. The van der Waals surface area contributed by atoms with E-state index in [4.69, 9.17) is 4.74 Å². The Bertz CT molecular complexity index is 726. The molecule has 2 rings (SSSR count). The van der Waals surface area contributed by atoms with Crippen LogP contribution in [0, 0.1) is 0 Å². The number of carboxylic acid groups (broad SMARTS) is 1. The molecule has 0 fully saturated rings. The second kappa shape index (κ2) is 7.41. The lowest BCUT2D eigenvalue weighted by Crippen LogP contribution is -2.41. The molecule has 1 aromatic heterocycles. The predicted molar refractivity (Wildman–Crippen MR) is 91.4 cm³/mol. The second-order valence-corrected chi connectivity index (χ2v) is 6.14. The Kier molecular flexibility index (Phi) is 5.54. The first-order chi connectivity index (χ1) is 11.0. The summed E-state index contributed by atoms with van der Waals surface area (Å²) in [5, 5.41) is 12.7. The summed E-state index contributed by atoms with van der Waals surface area (Å²) < 4.78 is 6.93. The van der Waals surface area contributed by atoms with Crippen LogP contribution in [0.5, 0.6) is 5.75 Å². The molecule has 7 heteroatoms. The van der Waals surface area contributed by atoms with Crippen molar-refractivity contribution in [1.29, 1.82) is 0 Å². The van der Waals surface area contributed by atoms with Crippen LogP contribution in [-0.2, 0) is 11.8 Å². The van der Waals surface area contributed by atoms with E-state index in [1.165, 1.54) is 0 Å². The van der Waals surface area contributed by atoms with E-state index in [1.54, 1.807) is 36.6 Å². The Hall–Kier alpha value is -2.15. The number of benzene rings is 1. The zero-order valence-electron chi connectivity index (χ0n) is 13.3.